The third kappa shape index (κ3) is 1.58. The Kier molecular flexibility index (Phi) is 2.48. The van der Waals surface area contributed by atoms with E-state index >= 15 is 0 Å². The third-order valence-electron chi connectivity index (χ3n) is 4.05. The first-order valence-electron chi connectivity index (χ1n) is 5.97. The smallest absolute Gasteiger partial charge is 0.0622 e. The van der Waals surface area contributed by atoms with Gasteiger partial charge in [-0.3, -0.25) is 4.90 Å². The minimum absolute atomic E-state index is 0.752. The van der Waals surface area contributed by atoms with E-state index in [1.165, 1.54) is 38.9 Å². The second-order valence-electron chi connectivity index (χ2n) is 4.97. The molecule has 0 radical (unpaired) electrons. The van der Waals surface area contributed by atoms with Gasteiger partial charge in [0.1, 0.15) is 0 Å². The molecule has 14 heavy (non-hydrogen) atoms. The van der Waals surface area contributed by atoms with Crippen LogP contribution in [0.15, 0.2) is 0 Å². The second kappa shape index (κ2) is 3.80. The normalized spacial score (nSPS) is 38.6. The van der Waals surface area contributed by atoms with Crippen LogP contribution in [0.3, 0.4) is 0 Å². The quantitative estimate of drug-likeness (QED) is 0.709. The number of morpholine rings is 1. The molecule has 3 heteroatoms. The largest absolute Gasteiger partial charge is 0.378 e. The summed E-state index contributed by atoms with van der Waals surface area (Å²) in [5.74, 6) is 0.956. The molecule has 0 aromatic rings. The van der Waals surface area contributed by atoms with Crippen molar-refractivity contribution in [2.75, 3.05) is 32.8 Å². The monoisotopic (exact) mass is 196 g/mol. The van der Waals surface area contributed by atoms with Gasteiger partial charge in [0, 0.05) is 12.1 Å². The molecule has 3 rings (SSSR count). The maximum atomic E-state index is 5.58. The predicted molar refractivity (Wildman–Crippen MR) is 55.3 cm³/mol. The van der Waals surface area contributed by atoms with E-state index < -0.39 is 0 Å². The molecule has 0 aliphatic carbocycles. The molecule has 0 aromatic heterocycles. The predicted octanol–water partition coefficient (Wildman–Crippen LogP) is 0.459. The SMILES string of the molecule is C(CN1C2CCC1COC2)C1CNC1. The lowest BCUT2D eigenvalue weighted by molar-refractivity contribution is -0.0174. The number of fused-ring (bicyclic) bond motifs is 2. The van der Waals surface area contributed by atoms with Crippen molar-refractivity contribution in [2.24, 2.45) is 5.92 Å². The molecule has 3 saturated heterocycles. The van der Waals surface area contributed by atoms with Crippen molar-refractivity contribution in [3.63, 3.8) is 0 Å². The number of ether oxygens (including phenoxy) is 1. The molecular weight excluding hydrogens is 176 g/mol. The number of hydrogen-bond donors (Lipinski definition) is 1. The van der Waals surface area contributed by atoms with Crippen LogP contribution in [-0.2, 0) is 4.74 Å². The zero-order valence-corrected chi connectivity index (χ0v) is 8.74. The molecule has 3 heterocycles. The Balaban J connectivity index is 1.51. The number of nitrogens with zero attached hydrogens (tertiary/aromatic N) is 1. The van der Waals surface area contributed by atoms with Crippen LogP contribution in [0.2, 0.25) is 0 Å². The Morgan fingerprint density at radius 1 is 1.14 bits per heavy atom. The van der Waals surface area contributed by atoms with Gasteiger partial charge in [0.05, 0.1) is 13.2 Å². The van der Waals surface area contributed by atoms with Crippen molar-refractivity contribution in [1.29, 1.82) is 0 Å². The standard InChI is InChI=1S/C11H20N2O/c1-2-11-8-14-7-10(1)13(11)4-3-9-5-12-6-9/h9-12H,1-8H2. The topological polar surface area (TPSA) is 24.5 Å². The highest BCUT2D eigenvalue weighted by Crippen LogP contribution is 2.29. The number of hydrogen-bond acceptors (Lipinski definition) is 3. The van der Waals surface area contributed by atoms with E-state index in [9.17, 15) is 0 Å². The molecule has 0 amide bonds. The first kappa shape index (κ1) is 9.13. The van der Waals surface area contributed by atoms with Crippen molar-refractivity contribution in [3.8, 4) is 0 Å². The van der Waals surface area contributed by atoms with E-state index in [1.54, 1.807) is 0 Å². The van der Waals surface area contributed by atoms with Gasteiger partial charge in [-0.1, -0.05) is 0 Å². The molecule has 3 nitrogen and oxygen atoms in total. The van der Waals surface area contributed by atoms with Crippen molar-refractivity contribution in [1.82, 2.24) is 10.2 Å². The highest BCUT2D eigenvalue weighted by atomic mass is 16.5. The summed E-state index contributed by atoms with van der Waals surface area (Å²) in [6.45, 7) is 5.78. The van der Waals surface area contributed by atoms with E-state index in [2.05, 4.69) is 10.2 Å². The molecule has 3 fully saturated rings. The summed E-state index contributed by atoms with van der Waals surface area (Å²) in [5, 5.41) is 3.34. The molecule has 80 valence electrons. The van der Waals surface area contributed by atoms with Crippen LogP contribution < -0.4 is 5.32 Å². The highest BCUT2D eigenvalue weighted by molar-refractivity contribution is 4.91. The zero-order valence-electron chi connectivity index (χ0n) is 8.74. The van der Waals surface area contributed by atoms with E-state index in [0.29, 0.717) is 0 Å². The Hall–Kier alpha value is -0.120. The summed E-state index contributed by atoms with van der Waals surface area (Å²) in [7, 11) is 0. The maximum Gasteiger partial charge on any atom is 0.0622 e. The van der Waals surface area contributed by atoms with Gasteiger partial charge >= 0.3 is 0 Å². The first-order chi connectivity index (χ1) is 6.93. The fraction of sp³-hybridized carbons (Fsp3) is 1.00. The van der Waals surface area contributed by atoms with Crippen LogP contribution in [-0.4, -0.2) is 49.8 Å². The lowest BCUT2D eigenvalue weighted by Gasteiger charge is -2.37. The van der Waals surface area contributed by atoms with Crippen molar-refractivity contribution in [3.05, 3.63) is 0 Å². The van der Waals surface area contributed by atoms with E-state index in [0.717, 1.165) is 31.2 Å². The first-order valence-corrected chi connectivity index (χ1v) is 5.97. The van der Waals surface area contributed by atoms with Crippen LogP contribution in [0, 0.1) is 5.92 Å². The molecule has 2 bridgehead atoms. The molecule has 2 unspecified atom stereocenters. The third-order valence-corrected chi connectivity index (χ3v) is 4.05. The second-order valence-corrected chi connectivity index (χ2v) is 4.97. The Morgan fingerprint density at radius 3 is 2.43 bits per heavy atom. The van der Waals surface area contributed by atoms with Crippen molar-refractivity contribution < 1.29 is 4.74 Å². The van der Waals surface area contributed by atoms with Crippen LogP contribution in [0.4, 0.5) is 0 Å². The Bertz CT molecular complexity index is 189. The minimum atomic E-state index is 0.752. The summed E-state index contributed by atoms with van der Waals surface area (Å²) in [5.41, 5.74) is 0. The van der Waals surface area contributed by atoms with Crippen molar-refractivity contribution in [2.45, 2.75) is 31.3 Å². The molecule has 0 saturated carbocycles. The average molecular weight is 196 g/mol. The lowest BCUT2D eigenvalue weighted by Crippen LogP contribution is -2.49. The summed E-state index contributed by atoms with van der Waals surface area (Å²) in [6.07, 6.45) is 4.13. The Morgan fingerprint density at radius 2 is 1.86 bits per heavy atom. The summed E-state index contributed by atoms with van der Waals surface area (Å²) < 4.78 is 5.58. The zero-order chi connectivity index (χ0) is 9.38. The van der Waals surface area contributed by atoms with Crippen LogP contribution in [0.5, 0.6) is 0 Å². The van der Waals surface area contributed by atoms with Gasteiger partial charge in [0.15, 0.2) is 0 Å². The van der Waals surface area contributed by atoms with Gasteiger partial charge in [0.25, 0.3) is 0 Å². The van der Waals surface area contributed by atoms with Crippen LogP contribution >= 0.6 is 0 Å². The van der Waals surface area contributed by atoms with Crippen LogP contribution in [0.25, 0.3) is 0 Å². The molecule has 0 spiro atoms. The molecule has 3 aliphatic rings. The van der Waals surface area contributed by atoms with Crippen molar-refractivity contribution >= 4 is 0 Å². The van der Waals surface area contributed by atoms with Gasteiger partial charge in [-0.25, -0.2) is 0 Å². The average Bonchev–Trinajstić information content (AvgIpc) is 2.36. The molecule has 3 aliphatic heterocycles. The van der Waals surface area contributed by atoms with Gasteiger partial charge in [0.2, 0.25) is 0 Å². The molecule has 2 atom stereocenters. The maximum absolute atomic E-state index is 5.58. The molecular formula is C11H20N2O. The fourth-order valence-electron chi connectivity index (χ4n) is 2.96. The fourth-order valence-corrected chi connectivity index (χ4v) is 2.96. The van der Waals surface area contributed by atoms with Gasteiger partial charge in [-0.15, -0.1) is 0 Å². The van der Waals surface area contributed by atoms with E-state index in [4.69, 9.17) is 4.74 Å². The molecule has 0 aromatic carbocycles. The van der Waals surface area contributed by atoms with Gasteiger partial charge in [-0.05, 0) is 44.8 Å². The lowest BCUT2D eigenvalue weighted by atomic mass is 9.99. The Labute approximate surface area is 85.8 Å². The minimum Gasteiger partial charge on any atom is -0.378 e. The summed E-state index contributed by atoms with van der Waals surface area (Å²) in [6, 6.07) is 1.50. The number of rotatable bonds is 3. The summed E-state index contributed by atoms with van der Waals surface area (Å²) in [4.78, 5) is 2.71. The van der Waals surface area contributed by atoms with Crippen LogP contribution in [0.1, 0.15) is 19.3 Å². The van der Waals surface area contributed by atoms with Gasteiger partial charge in [-0.2, -0.15) is 0 Å². The number of nitrogens with one attached hydrogen (secondary N) is 1. The summed E-state index contributed by atoms with van der Waals surface area (Å²) >= 11 is 0. The van der Waals surface area contributed by atoms with E-state index in [1.807, 2.05) is 0 Å². The van der Waals surface area contributed by atoms with E-state index in [-0.39, 0.29) is 0 Å². The highest BCUT2D eigenvalue weighted by Gasteiger charge is 2.37. The molecule has 1 N–H and O–H groups in total. The van der Waals surface area contributed by atoms with Gasteiger partial charge < -0.3 is 10.1 Å².